The molecule has 1 saturated carbocycles. The summed E-state index contributed by atoms with van der Waals surface area (Å²) in [6.07, 6.45) is 4.28. The number of para-hydroxylation sites is 1. The number of hydrogen-bond acceptors (Lipinski definition) is 2. The van der Waals surface area contributed by atoms with Crippen molar-refractivity contribution in [3.05, 3.63) is 29.8 Å². The van der Waals surface area contributed by atoms with E-state index >= 15 is 0 Å². The molecule has 1 aliphatic carbocycles. The number of rotatable bonds is 4. The van der Waals surface area contributed by atoms with Crippen molar-refractivity contribution in [1.29, 1.82) is 0 Å². The van der Waals surface area contributed by atoms with Gasteiger partial charge in [0.05, 0.1) is 6.04 Å². The standard InChI is InChI=1S/C15H21NO2/c1-11(13-8-3-4-9-14(13)17)16(2)15(18)10-12-6-5-7-12/h3-4,8-9,11-12,17H,5-7,10H2,1-2H3. The van der Waals surface area contributed by atoms with E-state index in [-0.39, 0.29) is 17.7 Å². The van der Waals surface area contributed by atoms with Gasteiger partial charge in [-0.2, -0.15) is 0 Å². The van der Waals surface area contributed by atoms with E-state index in [0.29, 0.717) is 12.3 Å². The van der Waals surface area contributed by atoms with Gasteiger partial charge in [0.25, 0.3) is 0 Å². The summed E-state index contributed by atoms with van der Waals surface area (Å²) < 4.78 is 0. The van der Waals surface area contributed by atoms with Crippen molar-refractivity contribution < 1.29 is 9.90 Å². The number of carbonyl (C=O) groups is 1. The van der Waals surface area contributed by atoms with Crippen LogP contribution in [0.4, 0.5) is 0 Å². The minimum atomic E-state index is -0.0845. The Morgan fingerprint density at radius 2 is 2.11 bits per heavy atom. The second-order valence-corrected chi connectivity index (χ2v) is 5.24. The first-order valence-electron chi connectivity index (χ1n) is 6.63. The van der Waals surface area contributed by atoms with Crippen LogP contribution < -0.4 is 0 Å². The minimum Gasteiger partial charge on any atom is -0.508 e. The first-order valence-corrected chi connectivity index (χ1v) is 6.63. The number of benzene rings is 1. The van der Waals surface area contributed by atoms with Crippen molar-refractivity contribution in [2.24, 2.45) is 5.92 Å². The number of hydrogen-bond donors (Lipinski definition) is 1. The molecule has 1 fully saturated rings. The SMILES string of the molecule is CC(c1ccccc1O)N(C)C(=O)CC1CCC1. The first-order chi connectivity index (χ1) is 8.59. The van der Waals surface area contributed by atoms with E-state index < -0.39 is 0 Å². The zero-order valence-electron chi connectivity index (χ0n) is 11.1. The van der Waals surface area contributed by atoms with Crippen molar-refractivity contribution in [2.45, 2.75) is 38.6 Å². The highest BCUT2D eigenvalue weighted by Gasteiger charge is 2.25. The zero-order chi connectivity index (χ0) is 13.1. The quantitative estimate of drug-likeness (QED) is 0.888. The van der Waals surface area contributed by atoms with Gasteiger partial charge in [-0.05, 0) is 31.7 Å². The van der Waals surface area contributed by atoms with E-state index in [2.05, 4.69) is 0 Å². The molecule has 0 spiro atoms. The van der Waals surface area contributed by atoms with E-state index in [9.17, 15) is 9.90 Å². The monoisotopic (exact) mass is 247 g/mol. The lowest BCUT2D eigenvalue weighted by Crippen LogP contribution is -2.32. The number of aromatic hydroxyl groups is 1. The van der Waals surface area contributed by atoms with Crippen molar-refractivity contribution in [3.8, 4) is 5.75 Å². The third-order valence-electron chi connectivity index (χ3n) is 4.05. The molecule has 0 heterocycles. The molecule has 98 valence electrons. The highest BCUT2D eigenvalue weighted by atomic mass is 16.3. The van der Waals surface area contributed by atoms with E-state index in [4.69, 9.17) is 0 Å². The summed E-state index contributed by atoms with van der Waals surface area (Å²) in [6, 6.07) is 7.12. The van der Waals surface area contributed by atoms with Crippen LogP contribution in [0.3, 0.4) is 0 Å². The zero-order valence-corrected chi connectivity index (χ0v) is 11.1. The van der Waals surface area contributed by atoms with Crippen LogP contribution in [-0.2, 0) is 4.79 Å². The third kappa shape index (κ3) is 2.66. The van der Waals surface area contributed by atoms with Crippen molar-refractivity contribution in [2.75, 3.05) is 7.05 Å². The van der Waals surface area contributed by atoms with Crippen LogP contribution in [0.25, 0.3) is 0 Å². The van der Waals surface area contributed by atoms with Gasteiger partial charge in [-0.15, -0.1) is 0 Å². The third-order valence-corrected chi connectivity index (χ3v) is 4.05. The largest absolute Gasteiger partial charge is 0.508 e. The fraction of sp³-hybridized carbons (Fsp3) is 0.533. The van der Waals surface area contributed by atoms with E-state index in [1.807, 2.05) is 26.1 Å². The van der Waals surface area contributed by atoms with Crippen LogP contribution in [0, 0.1) is 5.92 Å². The lowest BCUT2D eigenvalue weighted by molar-refractivity contribution is -0.133. The number of amides is 1. The van der Waals surface area contributed by atoms with Gasteiger partial charge < -0.3 is 10.0 Å². The minimum absolute atomic E-state index is 0.0845. The normalized spacial score (nSPS) is 17.0. The Balaban J connectivity index is 2.01. The second kappa shape index (κ2) is 5.42. The fourth-order valence-electron chi connectivity index (χ4n) is 2.35. The fourth-order valence-corrected chi connectivity index (χ4v) is 2.35. The van der Waals surface area contributed by atoms with Crippen molar-refractivity contribution >= 4 is 5.91 Å². The Morgan fingerprint density at radius 3 is 2.67 bits per heavy atom. The summed E-state index contributed by atoms with van der Waals surface area (Å²) in [5.74, 6) is 1.01. The Bertz CT molecular complexity index is 426. The van der Waals surface area contributed by atoms with Gasteiger partial charge in [0.2, 0.25) is 5.91 Å². The second-order valence-electron chi connectivity index (χ2n) is 5.24. The Hall–Kier alpha value is -1.51. The van der Waals surface area contributed by atoms with Gasteiger partial charge in [0.1, 0.15) is 5.75 Å². The molecule has 1 aromatic carbocycles. The molecule has 3 nitrogen and oxygen atoms in total. The highest BCUT2D eigenvalue weighted by Crippen LogP contribution is 2.32. The van der Waals surface area contributed by atoms with Crippen molar-refractivity contribution in [1.82, 2.24) is 4.90 Å². The van der Waals surface area contributed by atoms with E-state index in [1.165, 1.54) is 19.3 Å². The molecule has 0 aliphatic heterocycles. The highest BCUT2D eigenvalue weighted by molar-refractivity contribution is 5.76. The van der Waals surface area contributed by atoms with Gasteiger partial charge in [0.15, 0.2) is 0 Å². The molecule has 2 rings (SSSR count). The van der Waals surface area contributed by atoms with E-state index in [1.54, 1.807) is 17.0 Å². The van der Waals surface area contributed by atoms with Gasteiger partial charge in [0, 0.05) is 19.0 Å². The number of phenols is 1. The smallest absolute Gasteiger partial charge is 0.223 e. The average Bonchev–Trinajstić information content (AvgIpc) is 2.32. The first kappa shape index (κ1) is 12.9. The number of nitrogens with zero attached hydrogens (tertiary/aromatic N) is 1. The molecule has 0 aromatic heterocycles. The predicted molar refractivity (Wildman–Crippen MR) is 71.2 cm³/mol. The Labute approximate surface area is 108 Å². The van der Waals surface area contributed by atoms with Gasteiger partial charge in [-0.3, -0.25) is 4.79 Å². The van der Waals surface area contributed by atoms with Crippen LogP contribution >= 0.6 is 0 Å². The summed E-state index contributed by atoms with van der Waals surface area (Å²) in [4.78, 5) is 13.9. The summed E-state index contributed by atoms with van der Waals surface area (Å²) in [5.41, 5.74) is 0.807. The topological polar surface area (TPSA) is 40.5 Å². The Morgan fingerprint density at radius 1 is 1.44 bits per heavy atom. The number of phenolic OH excluding ortho intramolecular Hbond substituents is 1. The molecule has 18 heavy (non-hydrogen) atoms. The molecule has 1 amide bonds. The molecule has 0 bridgehead atoms. The maximum atomic E-state index is 12.1. The molecule has 1 atom stereocenters. The summed E-state index contributed by atoms with van der Waals surface area (Å²) >= 11 is 0. The Kier molecular flexibility index (Phi) is 3.90. The number of carbonyl (C=O) groups excluding carboxylic acids is 1. The van der Waals surface area contributed by atoms with Crippen LogP contribution in [0.5, 0.6) is 5.75 Å². The maximum absolute atomic E-state index is 12.1. The molecule has 1 aliphatic rings. The summed E-state index contributed by atoms with van der Waals surface area (Å²) in [6.45, 7) is 1.95. The molecule has 1 unspecified atom stereocenters. The van der Waals surface area contributed by atoms with E-state index in [0.717, 1.165) is 5.56 Å². The lowest BCUT2D eigenvalue weighted by atomic mass is 9.82. The average molecular weight is 247 g/mol. The van der Waals surface area contributed by atoms with Crippen LogP contribution in [-0.4, -0.2) is 23.0 Å². The van der Waals surface area contributed by atoms with Crippen LogP contribution in [0.1, 0.15) is 44.2 Å². The van der Waals surface area contributed by atoms with Gasteiger partial charge in [-0.25, -0.2) is 0 Å². The van der Waals surface area contributed by atoms with Crippen LogP contribution in [0.2, 0.25) is 0 Å². The molecule has 0 radical (unpaired) electrons. The van der Waals surface area contributed by atoms with Crippen LogP contribution in [0.15, 0.2) is 24.3 Å². The van der Waals surface area contributed by atoms with Gasteiger partial charge >= 0.3 is 0 Å². The molecule has 3 heteroatoms. The molecular formula is C15H21NO2. The summed E-state index contributed by atoms with van der Waals surface area (Å²) in [7, 11) is 1.82. The molecule has 0 saturated heterocycles. The maximum Gasteiger partial charge on any atom is 0.223 e. The van der Waals surface area contributed by atoms with Gasteiger partial charge in [-0.1, -0.05) is 24.6 Å². The summed E-state index contributed by atoms with van der Waals surface area (Å²) in [5, 5.41) is 9.81. The molecular weight excluding hydrogens is 226 g/mol. The molecule has 1 N–H and O–H groups in total. The molecule has 1 aromatic rings. The van der Waals surface area contributed by atoms with Crippen molar-refractivity contribution in [3.63, 3.8) is 0 Å². The predicted octanol–water partition coefficient (Wildman–Crippen LogP) is 3.10. The lowest BCUT2D eigenvalue weighted by Gasteiger charge is -2.30.